The molecule has 15 heavy (non-hydrogen) atoms. The van der Waals surface area contributed by atoms with Crippen LogP contribution < -0.4 is 11.3 Å². The lowest BCUT2D eigenvalue weighted by molar-refractivity contribution is 0.380. The summed E-state index contributed by atoms with van der Waals surface area (Å²) < 4.78 is 10.9. The van der Waals surface area contributed by atoms with E-state index in [4.69, 9.17) is 14.7 Å². The molecular formula is C11H14N2O2. The van der Waals surface area contributed by atoms with Crippen LogP contribution >= 0.6 is 0 Å². The predicted octanol–water partition coefficient (Wildman–Crippen LogP) is 1.99. The third-order valence-electron chi connectivity index (χ3n) is 2.31. The van der Waals surface area contributed by atoms with Crippen LogP contribution in [0.5, 0.6) is 0 Å². The number of hydrogen-bond donors (Lipinski definition) is 2. The summed E-state index contributed by atoms with van der Waals surface area (Å²) in [6.07, 6.45) is 2.48. The normalized spacial score (nSPS) is 12.9. The molecule has 0 amide bonds. The van der Waals surface area contributed by atoms with Crippen molar-refractivity contribution in [3.63, 3.8) is 0 Å². The first-order valence-corrected chi connectivity index (χ1v) is 4.93. The molecule has 0 radical (unpaired) electrons. The molecular weight excluding hydrogens is 192 g/mol. The van der Waals surface area contributed by atoms with Crippen molar-refractivity contribution in [1.82, 2.24) is 5.43 Å². The molecule has 2 aromatic rings. The lowest BCUT2D eigenvalue weighted by atomic mass is 10.2. The minimum atomic E-state index is -0.222. The van der Waals surface area contributed by atoms with Crippen LogP contribution in [-0.2, 0) is 6.42 Å². The molecule has 3 N–H and O–H groups in total. The van der Waals surface area contributed by atoms with Gasteiger partial charge < -0.3 is 8.83 Å². The van der Waals surface area contributed by atoms with Crippen molar-refractivity contribution in [2.45, 2.75) is 19.4 Å². The summed E-state index contributed by atoms with van der Waals surface area (Å²) in [5.74, 6) is 7.93. The molecule has 0 aromatic carbocycles. The summed E-state index contributed by atoms with van der Waals surface area (Å²) in [5.41, 5.74) is 2.67. The molecule has 0 spiro atoms. The van der Waals surface area contributed by atoms with Crippen molar-refractivity contribution in [2.24, 2.45) is 5.84 Å². The van der Waals surface area contributed by atoms with Gasteiger partial charge in [0.2, 0.25) is 0 Å². The number of furan rings is 2. The summed E-state index contributed by atoms with van der Waals surface area (Å²) in [4.78, 5) is 0. The summed E-state index contributed by atoms with van der Waals surface area (Å²) in [6.45, 7) is 2.04. The minimum Gasteiger partial charge on any atom is -0.467 e. The van der Waals surface area contributed by atoms with Gasteiger partial charge in [-0.1, -0.05) is 6.92 Å². The zero-order valence-electron chi connectivity index (χ0n) is 8.57. The largest absolute Gasteiger partial charge is 0.467 e. The summed E-state index contributed by atoms with van der Waals surface area (Å²) >= 11 is 0. The highest BCUT2D eigenvalue weighted by molar-refractivity contribution is 5.19. The van der Waals surface area contributed by atoms with Gasteiger partial charge in [-0.15, -0.1) is 0 Å². The van der Waals surface area contributed by atoms with Crippen LogP contribution in [0.4, 0.5) is 0 Å². The molecule has 4 nitrogen and oxygen atoms in total. The topological polar surface area (TPSA) is 64.3 Å². The quantitative estimate of drug-likeness (QED) is 0.593. The SMILES string of the molecule is CCc1ccc(C(NN)c2ccco2)o1. The van der Waals surface area contributed by atoms with Gasteiger partial charge >= 0.3 is 0 Å². The average molecular weight is 206 g/mol. The highest BCUT2D eigenvalue weighted by atomic mass is 16.4. The first-order chi connectivity index (χ1) is 7.35. The number of hydrogen-bond acceptors (Lipinski definition) is 4. The van der Waals surface area contributed by atoms with Crippen LogP contribution in [0.3, 0.4) is 0 Å². The fourth-order valence-electron chi connectivity index (χ4n) is 1.50. The fraction of sp³-hybridized carbons (Fsp3) is 0.273. The van der Waals surface area contributed by atoms with Gasteiger partial charge in [-0.2, -0.15) is 0 Å². The van der Waals surface area contributed by atoms with E-state index in [9.17, 15) is 0 Å². The molecule has 4 heteroatoms. The molecule has 0 fully saturated rings. The Morgan fingerprint density at radius 2 is 2.20 bits per heavy atom. The third kappa shape index (κ3) is 1.95. The van der Waals surface area contributed by atoms with E-state index in [1.165, 1.54) is 0 Å². The number of nitrogens with one attached hydrogen (secondary N) is 1. The van der Waals surface area contributed by atoms with E-state index in [1.807, 2.05) is 31.2 Å². The van der Waals surface area contributed by atoms with E-state index in [0.29, 0.717) is 0 Å². The van der Waals surface area contributed by atoms with Crippen LogP contribution in [0.15, 0.2) is 39.4 Å². The van der Waals surface area contributed by atoms with Gasteiger partial charge in [0, 0.05) is 6.42 Å². The summed E-state index contributed by atoms with van der Waals surface area (Å²) in [6, 6.07) is 7.32. The van der Waals surface area contributed by atoms with Crippen LogP contribution in [0.1, 0.15) is 30.2 Å². The number of rotatable bonds is 4. The molecule has 2 rings (SSSR count). The Morgan fingerprint density at radius 3 is 2.73 bits per heavy atom. The molecule has 0 saturated carbocycles. The highest BCUT2D eigenvalue weighted by Crippen LogP contribution is 2.23. The summed E-state index contributed by atoms with van der Waals surface area (Å²) in [7, 11) is 0. The second-order valence-electron chi connectivity index (χ2n) is 3.27. The zero-order chi connectivity index (χ0) is 10.7. The number of hydrazine groups is 1. The molecule has 1 unspecified atom stereocenters. The Bertz CT molecular complexity index is 406. The molecule has 0 aliphatic carbocycles. The Labute approximate surface area is 88.0 Å². The Balaban J connectivity index is 2.27. The molecule has 80 valence electrons. The Hall–Kier alpha value is -1.52. The maximum absolute atomic E-state index is 5.61. The fourth-order valence-corrected chi connectivity index (χ4v) is 1.50. The molecule has 0 bridgehead atoms. The number of nitrogens with two attached hydrogens (primary N) is 1. The van der Waals surface area contributed by atoms with Crippen molar-refractivity contribution in [3.05, 3.63) is 47.8 Å². The molecule has 0 aliphatic heterocycles. The molecule has 2 heterocycles. The minimum absolute atomic E-state index is 0.222. The van der Waals surface area contributed by atoms with E-state index in [-0.39, 0.29) is 6.04 Å². The van der Waals surface area contributed by atoms with Crippen molar-refractivity contribution in [2.75, 3.05) is 0 Å². The van der Waals surface area contributed by atoms with E-state index in [1.54, 1.807) is 6.26 Å². The van der Waals surface area contributed by atoms with E-state index in [0.717, 1.165) is 23.7 Å². The van der Waals surface area contributed by atoms with Crippen LogP contribution in [0.25, 0.3) is 0 Å². The van der Waals surface area contributed by atoms with Gasteiger partial charge in [0.25, 0.3) is 0 Å². The van der Waals surface area contributed by atoms with Gasteiger partial charge in [0.1, 0.15) is 23.3 Å². The maximum atomic E-state index is 5.61. The third-order valence-corrected chi connectivity index (χ3v) is 2.31. The first kappa shape index (κ1) is 10.0. The lowest BCUT2D eigenvalue weighted by Crippen LogP contribution is -2.28. The van der Waals surface area contributed by atoms with E-state index < -0.39 is 0 Å². The lowest BCUT2D eigenvalue weighted by Gasteiger charge is -2.09. The van der Waals surface area contributed by atoms with Crippen molar-refractivity contribution >= 4 is 0 Å². The molecule has 2 aromatic heterocycles. The second-order valence-corrected chi connectivity index (χ2v) is 3.27. The molecule has 0 aliphatic rings. The predicted molar refractivity (Wildman–Crippen MR) is 56.0 cm³/mol. The first-order valence-electron chi connectivity index (χ1n) is 4.93. The Morgan fingerprint density at radius 1 is 1.33 bits per heavy atom. The van der Waals surface area contributed by atoms with Gasteiger partial charge in [-0.3, -0.25) is 5.84 Å². The zero-order valence-corrected chi connectivity index (χ0v) is 8.57. The van der Waals surface area contributed by atoms with Gasteiger partial charge in [0.05, 0.1) is 6.26 Å². The monoisotopic (exact) mass is 206 g/mol. The number of aryl methyl sites for hydroxylation is 1. The van der Waals surface area contributed by atoms with Gasteiger partial charge in [-0.05, 0) is 24.3 Å². The Kier molecular flexibility index (Phi) is 2.89. The molecule has 1 atom stereocenters. The van der Waals surface area contributed by atoms with Crippen LogP contribution in [0, 0.1) is 0 Å². The van der Waals surface area contributed by atoms with Gasteiger partial charge in [0.15, 0.2) is 0 Å². The highest BCUT2D eigenvalue weighted by Gasteiger charge is 2.18. The second kappa shape index (κ2) is 4.33. The maximum Gasteiger partial charge on any atom is 0.137 e. The smallest absolute Gasteiger partial charge is 0.137 e. The molecule has 0 saturated heterocycles. The van der Waals surface area contributed by atoms with Crippen molar-refractivity contribution < 1.29 is 8.83 Å². The van der Waals surface area contributed by atoms with E-state index in [2.05, 4.69) is 5.43 Å². The summed E-state index contributed by atoms with van der Waals surface area (Å²) in [5, 5.41) is 0. The van der Waals surface area contributed by atoms with Crippen LogP contribution in [0.2, 0.25) is 0 Å². The standard InChI is InChI=1S/C11H14N2O2/c1-2-8-5-6-10(15-8)11(13-12)9-4-3-7-14-9/h3-7,11,13H,2,12H2,1H3. The van der Waals surface area contributed by atoms with Gasteiger partial charge in [-0.25, -0.2) is 5.43 Å². The van der Waals surface area contributed by atoms with Crippen LogP contribution in [-0.4, -0.2) is 0 Å². The van der Waals surface area contributed by atoms with E-state index >= 15 is 0 Å². The average Bonchev–Trinajstić information content (AvgIpc) is 2.89. The van der Waals surface area contributed by atoms with Crippen molar-refractivity contribution in [3.8, 4) is 0 Å². The van der Waals surface area contributed by atoms with Crippen molar-refractivity contribution in [1.29, 1.82) is 0 Å².